The van der Waals surface area contributed by atoms with Gasteiger partial charge in [0.1, 0.15) is 5.60 Å². The highest BCUT2D eigenvalue weighted by Crippen LogP contribution is 2.05. The standard InChI is InChI=1S/C14H26N4O6/c1-5-23-13(22)18-11(15-7-6-10(19)20)16-8-9-17-12(21)24-14(2,3)4/h5-9H2,1-4H3,(H,17,21)(H,19,20)(H2,15,16,18,22). The molecule has 2 amide bonds. The normalized spacial score (nSPS) is 11.4. The Morgan fingerprint density at radius 1 is 1.08 bits per heavy atom. The van der Waals surface area contributed by atoms with Crippen molar-refractivity contribution in [2.24, 2.45) is 4.99 Å². The van der Waals surface area contributed by atoms with Crippen LogP contribution in [0.4, 0.5) is 9.59 Å². The molecule has 0 bridgehead atoms. The molecule has 0 aromatic carbocycles. The molecule has 10 heteroatoms. The Kier molecular flexibility index (Phi) is 9.92. The predicted molar refractivity (Wildman–Crippen MR) is 87.0 cm³/mol. The van der Waals surface area contributed by atoms with Crippen molar-refractivity contribution in [1.29, 1.82) is 0 Å². The van der Waals surface area contributed by atoms with Crippen LogP contribution in [0.2, 0.25) is 0 Å². The summed E-state index contributed by atoms with van der Waals surface area (Å²) in [4.78, 5) is 37.3. The molecule has 0 rings (SSSR count). The Hall–Kier alpha value is -2.52. The first kappa shape index (κ1) is 21.5. The molecule has 0 heterocycles. The number of carbonyl (C=O) groups is 3. The number of carbonyl (C=O) groups excluding carboxylic acids is 2. The van der Waals surface area contributed by atoms with E-state index in [1.54, 1.807) is 27.7 Å². The van der Waals surface area contributed by atoms with Crippen molar-refractivity contribution in [3.8, 4) is 0 Å². The van der Waals surface area contributed by atoms with Gasteiger partial charge < -0.3 is 25.2 Å². The Morgan fingerprint density at radius 2 is 1.71 bits per heavy atom. The highest BCUT2D eigenvalue weighted by molar-refractivity contribution is 5.94. The number of alkyl carbamates (subject to hydrolysis) is 2. The molecule has 0 spiro atoms. The first-order valence-corrected chi connectivity index (χ1v) is 7.54. The Labute approximate surface area is 141 Å². The minimum Gasteiger partial charge on any atom is -0.481 e. The summed E-state index contributed by atoms with van der Waals surface area (Å²) in [5, 5.41) is 16.3. The van der Waals surface area contributed by atoms with E-state index in [1.165, 1.54) is 0 Å². The third kappa shape index (κ3) is 13.2. The van der Waals surface area contributed by atoms with E-state index in [4.69, 9.17) is 14.6 Å². The summed E-state index contributed by atoms with van der Waals surface area (Å²) >= 11 is 0. The average Bonchev–Trinajstić information content (AvgIpc) is 2.41. The fourth-order valence-corrected chi connectivity index (χ4v) is 1.33. The molecule has 24 heavy (non-hydrogen) atoms. The summed E-state index contributed by atoms with van der Waals surface area (Å²) in [7, 11) is 0. The van der Waals surface area contributed by atoms with E-state index in [2.05, 4.69) is 20.9 Å². The zero-order chi connectivity index (χ0) is 18.6. The Balaban J connectivity index is 4.31. The second-order valence-electron chi connectivity index (χ2n) is 5.57. The number of aliphatic carboxylic acids is 1. The summed E-state index contributed by atoms with van der Waals surface area (Å²) in [5.41, 5.74) is -0.591. The molecular weight excluding hydrogens is 320 g/mol. The van der Waals surface area contributed by atoms with Crippen LogP contribution in [0.3, 0.4) is 0 Å². The molecule has 10 nitrogen and oxygen atoms in total. The van der Waals surface area contributed by atoms with Crippen LogP contribution < -0.4 is 16.0 Å². The van der Waals surface area contributed by atoms with Crippen LogP contribution in [0.25, 0.3) is 0 Å². The summed E-state index contributed by atoms with van der Waals surface area (Å²) in [6.07, 6.45) is -1.45. The minimum atomic E-state index is -0.999. The molecule has 0 aliphatic carbocycles. The number of amides is 2. The monoisotopic (exact) mass is 346 g/mol. The highest BCUT2D eigenvalue weighted by atomic mass is 16.6. The van der Waals surface area contributed by atoms with Gasteiger partial charge in [0.15, 0.2) is 0 Å². The fourth-order valence-electron chi connectivity index (χ4n) is 1.33. The molecular formula is C14H26N4O6. The van der Waals surface area contributed by atoms with Gasteiger partial charge in [-0.05, 0) is 27.7 Å². The molecule has 0 aromatic rings. The lowest BCUT2D eigenvalue weighted by Crippen LogP contribution is -2.44. The number of aliphatic imine (C=N–C) groups is 1. The van der Waals surface area contributed by atoms with E-state index in [0.717, 1.165) is 0 Å². The lowest BCUT2D eigenvalue weighted by atomic mass is 10.2. The van der Waals surface area contributed by atoms with Crippen molar-refractivity contribution >= 4 is 24.1 Å². The molecule has 0 radical (unpaired) electrons. The van der Waals surface area contributed by atoms with Crippen molar-refractivity contribution in [2.45, 2.75) is 39.7 Å². The van der Waals surface area contributed by atoms with E-state index in [1.807, 2.05) is 0 Å². The van der Waals surface area contributed by atoms with Gasteiger partial charge in [0.2, 0.25) is 5.96 Å². The van der Waals surface area contributed by atoms with E-state index in [9.17, 15) is 14.4 Å². The van der Waals surface area contributed by atoms with Crippen LogP contribution in [0.5, 0.6) is 0 Å². The van der Waals surface area contributed by atoms with E-state index < -0.39 is 23.8 Å². The summed E-state index contributed by atoms with van der Waals surface area (Å²) in [6, 6.07) is 0. The lowest BCUT2D eigenvalue weighted by Gasteiger charge is -2.19. The Bertz CT molecular complexity index is 459. The molecule has 0 unspecified atom stereocenters. The topological polar surface area (TPSA) is 138 Å². The van der Waals surface area contributed by atoms with Gasteiger partial charge in [-0.15, -0.1) is 0 Å². The number of hydrogen-bond donors (Lipinski definition) is 4. The largest absolute Gasteiger partial charge is 0.481 e. The molecule has 138 valence electrons. The van der Waals surface area contributed by atoms with Crippen molar-refractivity contribution in [3.05, 3.63) is 0 Å². The van der Waals surface area contributed by atoms with Crippen LogP contribution in [0, 0.1) is 0 Å². The van der Waals surface area contributed by atoms with Crippen molar-refractivity contribution < 1.29 is 29.0 Å². The van der Waals surface area contributed by atoms with Gasteiger partial charge in [-0.2, -0.15) is 0 Å². The van der Waals surface area contributed by atoms with E-state index in [0.29, 0.717) is 0 Å². The van der Waals surface area contributed by atoms with Gasteiger partial charge in [0, 0.05) is 13.1 Å². The summed E-state index contributed by atoms with van der Waals surface area (Å²) in [6.45, 7) is 7.55. The zero-order valence-electron chi connectivity index (χ0n) is 14.5. The molecule has 0 aromatic heterocycles. The fraction of sp³-hybridized carbons (Fsp3) is 0.714. The quantitative estimate of drug-likeness (QED) is 0.302. The summed E-state index contributed by atoms with van der Waals surface area (Å²) < 4.78 is 9.79. The zero-order valence-corrected chi connectivity index (χ0v) is 14.5. The van der Waals surface area contributed by atoms with Crippen LogP contribution in [0.1, 0.15) is 34.1 Å². The molecule has 0 aliphatic rings. The second kappa shape index (κ2) is 11.1. The lowest BCUT2D eigenvalue weighted by molar-refractivity contribution is -0.136. The molecule has 0 atom stereocenters. The maximum Gasteiger partial charge on any atom is 0.413 e. The molecule has 0 fully saturated rings. The number of carboxylic acids is 1. The smallest absolute Gasteiger partial charge is 0.413 e. The maximum absolute atomic E-state index is 11.5. The third-order valence-corrected chi connectivity index (χ3v) is 2.18. The van der Waals surface area contributed by atoms with E-state index in [-0.39, 0.29) is 38.6 Å². The van der Waals surface area contributed by atoms with Gasteiger partial charge in [0.05, 0.1) is 19.6 Å². The predicted octanol–water partition coefficient (Wildman–Crippen LogP) is 0.678. The first-order valence-electron chi connectivity index (χ1n) is 7.54. The van der Waals surface area contributed by atoms with E-state index >= 15 is 0 Å². The van der Waals surface area contributed by atoms with Crippen molar-refractivity contribution in [3.63, 3.8) is 0 Å². The number of rotatable bonds is 7. The molecule has 0 saturated carbocycles. The second-order valence-corrected chi connectivity index (χ2v) is 5.57. The number of nitrogens with one attached hydrogen (secondary N) is 3. The van der Waals surface area contributed by atoms with Crippen molar-refractivity contribution in [2.75, 3.05) is 26.2 Å². The average molecular weight is 346 g/mol. The maximum atomic E-state index is 11.5. The number of hydrogen-bond acceptors (Lipinski definition) is 6. The van der Waals surface area contributed by atoms with Gasteiger partial charge in [0.25, 0.3) is 0 Å². The van der Waals surface area contributed by atoms with Crippen molar-refractivity contribution in [1.82, 2.24) is 16.0 Å². The first-order chi connectivity index (χ1) is 11.1. The Morgan fingerprint density at radius 3 is 2.25 bits per heavy atom. The minimum absolute atomic E-state index is 0.0104. The number of ether oxygens (including phenoxy) is 2. The van der Waals surface area contributed by atoms with Gasteiger partial charge in [-0.25, -0.2) is 9.59 Å². The van der Waals surface area contributed by atoms with Crippen LogP contribution in [-0.2, 0) is 14.3 Å². The third-order valence-electron chi connectivity index (χ3n) is 2.18. The highest BCUT2D eigenvalue weighted by Gasteiger charge is 2.15. The van der Waals surface area contributed by atoms with Gasteiger partial charge in [-0.1, -0.05) is 0 Å². The van der Waals surface area contributed by atoms with Crippen LogP contribution in [-0.4, -0.2) is 61.1 Å². The van der Waals surface area contributed by atoms with Gasteiger partial charge in [-0.3, -0.25) is 15.1 Å². The van der Waals surface area contributed by atoms with Crippen LogP contribution >= 0.6 is 0 Å². The number of nitrogens with zero attached hydrogens (tertiary/aromatic N) is 1. The molecule has 0 saturated heterocycles. The van der Waals surface area contributed by atoms with Crippen LogP contribution in [0.15, 0.2) is 4.99 Å². The van der Waals surface area contributed by atoms with Gasteiger partial charge >= 0.3 is 18.2 Å². The molecule has 0 aliphatic heterocycles. The molecule has 4 N–H and O–H groups in total. The number of guanidine groups is 1. The SMILES string of the molecule is CCOC(=O)NC(=NCCC(=O)O)NCCNC(=O)OC(C)(C)C. The summed E-state index contributed by atoms with van der Waals surface area (Å²) in [5.74, 6) is -0.929. The number of carboxylic acid groups (broad SMARTS) is 1.